The van der Waals surface area contributed by atoms with Crippen molar-refractivity contribution in [3.63, 3.8) is 0 Å². The topological polar surface area (TPSA) is 70.1 Å². The molecule has 8 heteroatoms. The Morgan fingerprint density at radius 2 is 2.33 bits per heavy atom. The maximum absolute atomic E-state index is 12.5. The van der Waals surface area contributed by atoms with Gasteiger partial charge in [0.25, 0.3) is 0 Å². The fourth-order valence-corrected chi connectivity index (χ4v) is 3.60. The van der Waals surface area contributed by atoms with E-state index in [1.807, 2.05) is 11.4 Å². The molecule has 1 saturated heterocycles. The van der Waals surface area contributed by atoms with Crippen molar-refractivity contribution in [1.82, 2.24) is 9.80 Å². The van der Waals surface area contributed by atoms with Gasteiger partial charge in [0.05, 0.1) is 9.89 Å². The number of methoxy groups -OCH3 is 1. The lowest BCUT2D eigenvalue weighted by molar-refractivity contribution is -0.141. The molecule has 1 aromatic heterocycles. The third-order valence-corrected chi connectivity index (χ3v) is 5.05. The highest BCUT2D eigenvalue weighted by Gasteiger charge is 2.40. The number of aliphatic carboxylic acids is 1. The van der Waals surface area contributed by atoms with Gasteiger partial charge >= 0.3 is 12.0 Å². The van der Waals surface area contributed by atoms with Gasteiger partial charge in [0.2, 0.25) is 0 Å². The van der Waals surface area contributed by atoms with Crippen LogP contribution in [0.2, 0.25) is 0 Å². The summed E-state index contributed by atoms with van der Waals surface area (Å²) in [4.78, 5) is 26.7. The Kier molecular flexibility index (Phi) is 5.23. The third-order valence-electron chi connectivity index (χ3n) is 3.49. The molecule has 1 aliphatic rings. The number of hydrogen-bond donors (Lipinski definition) is 1. The number of thiophene rings is 1. The van der Waals surface area contributed by atoms with Crippen molar-refractivity contribution in [2.75, 3.05) is 20.7 Å². The normalized spacial score (nSPS) is 21.6. The summed E-state index contributed by atoms with van der Waals surface area (Å²) in [7, 11) is 3.21. The first-order valence-electron chi connectivity index (χ1n) is 6.42. The Balaban J connectivity index is 2.05. The minimum Gasteiger partial charge on any atom is -0.480 e. The maximum atomic E-state index is 12.5. The van der Waals surface area contributed by atoms with Gasteiger partial charge in [-0.25, -0.2) is 9.59 Å². The molecule has 2 atom stereocenters. The van der Waals surface area contributed by atoms with Gasteiger partial charge < -0.3 is 19.6 Å². The van der Waals surface area contributed by atoms with Crippen LogP contribution >= 0.6 is 27.3 Å². The number of carboxylic acids is 1. The number of ether oxygens (including phenoxy) is 1. The summed E-state index contributed by atoms with van der Waals surface area (Å²) >= 11 is 4.93. The molecule has 0 aliphatic carbocycles. The van der Waals surface area contributed by atoms with Crippen molar-refractivity contribution in [2.45, 2.75) is 25.1 Å². The molecule has 0 saturated carbocycles. The number of rotatable bonds is 4. The molecule has 2 rings (SSSR count). The van der Waals surface area contributed by atoms with Gasteiger partial charge in [-0.3, -0.25) is 0 Å². The lowest BCUT2D eigenvalue weighted by Gasteiger charge is -2.27. The largest absolute Gasteiger partial charge is 0.480 e. The fourth-order valence-electron chi connectivity index (χ4n) is 2.40. The summed E-state index contributed by atoms with van der Waals surface area (Å²) in [5.41, 5.74) is 1.01. The average Bonchev–Trinajstić information content (AvgIpc) is 3.04. The van der Waals surface area contributed by atoms with Crippen molar-refractivity contribution in [1.29, 1.82) is 0 Å². The number of carbonyl (C=O) groups excluding carboxylic acids is 1. The molecule has 0 bridgehead atoms. The Morgan fingerprint density at radius 3 is 2.86 bits per heavy atom. The van der Waals surface area contributed by atoms with E-state index in [1.54, 1.807) is 18.4 Å². The molecule has 21 heavy (non-hydrogen) atoms. The van der Waals surface area contributed by atoms with Crippen molar-refractivity contribution in [3.8, 4) is 0 Å². The van der Waals surface area contributed by atoms with Gasteiger partial charge in [0, 0.05) is 33.7 Å². The molecular formula is C13H17BrN2O4S. The molecule has 2 unspecified atom stereocenters. The van der Waals surface area contributed by atoms with E-state index in [4.69, 9.17) is 4.74 Å². The molecule has 0 spiro atoms. The molecule has 116 valence electrons. The summed E-state index contributed by atoms with van der Waals surface area (Å²) in [5, 5.41) is 11.2. The molecular weight excluding hydrogens is 360 g/mol. The second-order valence-corrected chi connectivity index (χ2v) is 7.29. The predicted molar refractivity (Wildman–Crippen MR) is 82.4 cm³/mol. The predicted octanol–water partition coefficient (Wildman–Crippen LogP) is 2.24. The van der Waals surface area contributed by atoms with Crippen LogP contribution in [0.25, 0.3) is 0 Å². The Labute approximate surface area is 135 Å². The van der Waals surface area contributed by atoms with Crippen LogP contribution in [0.4, 0.5) is 4.79 Å². The molecule has 0 radical (unpaired) electrons. The average molecular weight is 377 g/mol. The minimum atomic E-state index is -0.991. The number of halogens is 1. The van der Waals surface area contributed by atoms with E-state index < -0.39 is 12.0 Å². The maximum Gasteiger partial charge on any atom is 0.326 e. The van der Waals surface area contributed by atoms with Gasteiger partial charge in [-0.05, 0) is 32.9 Å². The van der Waals surface area contributed by atoms with Crippen LogP contribution in [0, 0.1) is 0 Å². The van der Waals surface area contributed by atoms with Crippen LogP contribution < -0.4 is 0 Å². The zero-order valence-electron chi connectivity index (χ0n) is 11.8. The number of carboxylic acid groups (broad SMARTS) is 1. The van der Waals surface area contributed by atoms with Crippen molar-refractivity contribution < 1.29 is 19.4 Å². The van der Waals surface area contributed by atoms with E-state index in [1.165, 1.54) is 16.9 Å². The van der Waals surface area contributed by atoms with Gasteiger partial charge in [-0.15, -0.1) is 11.3 Å². The van der Waals surface area contributed by atoms with Crippen LogP contribution in [0.15, 0.2) is 15.2 Å². The van der Waals surface area contributed by atoms with E-state index >= 15 is 0 Å². The first-order chi connectivity index (χ1) is 9.92. The van der Waals surface area contributed by atoms with Gasteiger partial charge in [-0.1, -0.05) is 0 Å². The van der Waals surface area contributed by atoms with E-state index in [0.29, 0.717) is 19.5 Å². The molecule has 2 heterocycles. The number of likely N-dealkylation sites (tertiary alicyclic amines) is 1. The molecule has 2 amide bonds. The SMILES string of the molecule is COC1CC(C(=O)O)N(C(=O)N(C)Cc2csc(Br)c2)C1. The van der Waals surface area contributed by atoms with E-state index in [-0.39, 0.29) is 12.1 Å². The summed E-state index contributed by atoms with van der Waals surface area (Å²) in [6.45, 7) is 0.755. The molecule has 0 aromatic carbocycles. The smallest absolute Gasteiger partial charge is 0.326 e. The quantitative estimate of drug-likeness (QED) is 0.874. The highest BCUT2D eigenvalue weighted by Crippen LogP contribution is 2.24. The van der Waals surface area contributed by atoms with Gasteiger partial charge in [0.1, 0.15) is 6.04 Å². The number of amides is 2. The Morgan fingerprint density at radius 1 is 1.62 bits per heavy atom. The van der Waals surface area contributed by atoms with Gasteiger partial charge in [0.15, 0.2) is 0 Å². The van der Waals surface area contributed by atoms with E-state index in [0.717, 1.165) is 9.35 Å². The highest BCUT2D eigenvalue weighted by molar-refractivity contribution is 9.11. The van der Waals surface area contributed by atoms with Gasteiger partial charge in [-0.2, -0.15) is 0 Å². The lowest BCUT2D eigenvalue weighted by atomic mass is 10.2. The van der Waals surface area contributed by atoms with Crippen molar-refractivity contribution >= 4 is 39.3 Å². The van der Waals surface area contributed by atoms with Crippen LogP contribution in [0.1, 0.15) is 12.0 Å². The fraction of sp³-hybridized carbons (Fsp3) is 0.538. The van der Waals surface area contributed by atoms with Crippen LogP contribution in [0.3, 0.4) is 0 Å². The monoisotopic (exact) mass is 376 g/mol. The van der Waals surface area contributed by atoms with E-state index in [2.05, 4.69) is 15.9 Å². The van der Waals surface area contributed by atoms with E-state index in [9.17, 15) is 14.7 Å². The van der Waals surface area contributed by atoms with Crippen molar-refractivity contribution in [3.05, 3.63) is 20.8 Å². The standard InChI is InChI=1S/C13H17BrN2O4S/c1-15(5-8-3-11(14)21-7-8)13(19)16-6-9(20-2)4-10(16)12(17)18/h3,7,9-10H,4-6H2,1-2H3,(H,17,18). The molecule has 1 N–H and O–H groups in total. The molecule has 1 fully saturated rings. The summed E-state index contributed by atoms with van der Waals surface area (Å²) < 4.78 is 6.20. The summed E-state index contributed by atoms with van der Waals surface area (Å²) in [6.07, 6.45) is 0.105. The molecule has 1 aliphatic heterocycles. The number of carbonyl (C=O) groups is 2. The molecule has 6 nitrogen and oxygen atoms in total. The third kappa shape index (κ3) is 3.75. The highest BCUT2D eigenvalue weighted by atomic mass is 79.9. The number of nitrogens with zero attached hydrogens (tertiary/aromatic N) is 2. The molecule has 1 aromatic rings. The lowest BCUT2D eigenvalue weighted by Crippen LogP contribution is -2.46. The van der Waals surface area contributed by atoms with Crippen molar-refractivity contribution in [2.24, 2.45) is 0 Å². The zero-order chi connectivity index (χ0) is 15.6. The van der Waals surface area contributed by atoms with Crippen LogP contribution in [-0.4, -0.2) is 59.8 Å². The second kappa shape index (κ2) is 6.76. The van der Waals surface area contributed by atoms with Crippen LogP contribution in [0.5, 0.6) is 0 Å². The number of urea groups is 1. The Bertz CT molecular complexity index is 536. The first-order valence-corrected chi connectivity index (χ1v) is 8.10. The first kappa shape index (κ1) is 16.3. The second-order valence-electron chi connectivity index (χ2n) is 5.00. The van der Waals surface area contributed by atoms with Crippen LogP contribution in [-0.2, 0) is 16.1 Å². The number of hydrogen-bond acceptors (Lipinski definition) is 4. The zero-order valence-corrected chi connectivity index (χ0v) is 14.2. The summed E-state index contributed by atoms with van der Waals surface area (Å²) in [5.74, 6) is -0.991. The Hall–Kier alpha value is -1.12. The minimum absolute atomic E-state index is 0.223. The summed E-state index contributed by atoms with van der Waals surface area (Å²) in [6, 6.07) is 0.841.